The summed E-state index contributed by atoms with van der Waals surface area (Å²) in [5.74, 6) is 0.669. The summed E-state index contributed by atoms with van der Waals surface area (Å²) in [7, 11) is 4.06. The monoisotopic (exact) mass is 410 g/mol. The number of rotatable bonds is 5. The summed E-state index contributed by atoms with van der Waals surface area (Å²) in [6.07, 6.45) is -0.113. The van der Waals surface area contributed by atoms with Crippen LogP contribution >= 0.6 is 27.5 Å². The summed E-state index contributed by atoms with van der Waals surface area (Å²) in [6, 6.07) is 13.9. The average Bonchev–Trinajstić information content (AvgIpc) is 3.03. The molecule has 128 valence electrons. The third kappa shape index (κ3) is 4.22. The SMILES string of the molecule is CN(C)c1ccc(C2NCC(COc3ccc(Br)cc3Cl)O2)cc1. The second kappa shape index (κ2) is 7.74. The van der Waals surface area contributed by atoms with Gasteiger partial charge in [0.25, 0.3) is 0 Å². The molecule has 24 heavy (non-hydrogen) atoms. The van der Waals surface area contributed by atoms with Gasteiger partial charge in [0.15, 0.2) is 0 Å². The van der Waals surface area contributed by atoms with E-state index in [9.17, 15) is 0 Å². The molecule has 0 saturated carbocycles. The van der Waals surface area contributed by atoms with E-state index in [0.717, 1.165) is 16.6 Å². The first-order valence-corrected chi connectivity index (χ1v) is 8.94. The zero-order valence-electron chi connectivity index (χ0n) is 13.6. The van der Waals surface area contributed by atoms with Crippen LogP contribution in [0.1, 0.15) is 11.8 Å². The highest BCUT2D eigenvalue weighted by molar-refractivity contribution is 9.10. The molecule has 0 radical (unpaired) electrons. The third-order valence-electron chi connectivity index (χ3n) is 3.89. The number of benzene rings is 2. The van der Waals surface area contributed by atoms with Crippen molar-refractivity contribution in [2.45, 2.75) is 12.3 Å². The number of nitrogens with one attached hydrogen (secondary N) is 1. The average molecular weight is 412 g/mol. The lowest BCUT2D eigenvalue weighted by Gasteiger charge is -2.16. The molecule has 4 nitrogen and oxygen atoms in total. The van der Waals surface area contributed by atoms with Gasteiger partial charge in [-0.3, -0.25) is 5.32 Å². The lowest BCUT2D eigenvalue weighted by molar-refractivity contribution is 0.0159. The smallest absolute Gasteiger partial charge is 0.138 e. The number of nitrogens with zero attached hydrogens (tertiary/aromatic N) is 1. The Hall–Kier alpha value is -1.27. The van der Waals surface area contributed by atoms with Gasteiger partial charge >= 0.3 is 0 Å². The van der Waals surface area contributed by atoms with E-state index < -0.39 is 0 Å². The van der Waals surface area contributed by atoms with Crippen LogP contribution in [-0.2, 0) is 4.74 Å². The molecule has 0 aromatic heterocycles. The Kier molecular flexibility index (Phi) is 5.66. The van der Waals surface area contributed by atoms with Gasteiger partial charge in [-0.25, -0.2) is 0 Å². The quantitative estimate of drug-likeness (QED) is 0.798. The van der Waals surface area contributed by atoms with Gasteiger partial charge in [-0.05, 0) is 35.9 Å². The molecule has 0 bridgehead atoms. The Balaban J connectivity index is 1.55. The largest absolute Gasteiger partial charge is 0.489 e. The van der Waals surface area contributed by atoms with Crippen molar-refractivity contribution in [2.75, 3.05) is 32.1 Å². The Bertz CT molecular complexity index is 694. The van der Waals surface area contributed by atoms with Crippen LogP contribution in [0.5, 0.6) is 5.75 Å². The minimum absolute atomic E-state index is 0.0109. The first-order chi connectivity index (χ1) is 11.5. The van der Waals surface area contributed by atoms with Crippen molar-refractivity contribution in [3.63, 3.8) is 0 Å². The van der Waals surface area contributed by atoms with Gasteiger partial charge in [-0.2, -0.15) is 0 Å². The highest BCUT2D eigenvalue weighted by Crippen LogP contribution is 2.29. The molecular formula is C18H20BrClN2O2. The van der Waals surface area contributed by atoms with E-state index in [1.807, 2.05) is 32.3 Å². The van der Waals surface area contributed by atoms with Crippen molar-refractivity contribution in [3.8, 4) is 5.75 Å². The molecule has 2 aromatic carbocycles. The molecule has 2 atom stereocenters. The van der Waals surface area contributed by atoms with Gasteiger partial charge in [0.05, 0.1) is 5.02 Å². The van der Waals surface area contributed by atoms with E-state index in [2.05, 4.69) is 50.4 Å². The maximum atomic E-state index is 6.16. The van der Waals surface area contributed by atoms with Crippen LogP contribution in [-0.4, -0.2) is 33.4 Å². The lowest BCUT2D eigenvalue weighted by atomic mass is 10.2. The Morgan fingerprint density at radius 1 is 1.25 bits per heavy atom. The second-order valence-corrected chi connectivity index (χ2v) is 7.24. The highest BCUT2D eigenvalue weighted by atomic mass is 79.9. The summed E-state index contributed by atoms with van der Waals surface area (Å²) >= 11 is 9.55. The molecule has 2 aromatic rings. The zero-order valence-corrected chi connectivity index (χ0v) is 16.0. The Labute approximate surface area is 155 Å². The number of ether oxygens (including phenoxy) is 2. The van der Waals surface area contributed by atoms with E-state index >= 15 is 0 Å². The molecule has 1 saturated heterocycles. The minimum Gasteiger partial charge on any atom is -0.489 e. The predicted octanol–water partition coefficient (Wildman–Crippen LogP) is 4.23. The fraction of sp³-hybridized carbons (Fsp3) is 0.333. The number of hydrogen-bond acceptors (Lipinski definition) is 4. The summed E-state index contributed by atoms with van der Waals surface area (Å²) in [5, 5.41) is 3.96. The van der Waals surface area contributed by atoms with E-state index in [4.69, 9.17) is 21.1 Å². The van der Waals surface area contributed by atoms with Gasteiger partial charge in [0.2, 0.25) is 0 Å². The van der Waals surface area contributed by atoms with Crippen molar-refractivity contribution in [1.82, 2.24) is 5.32 Å². The van der Waals surface area contributed by atoms with Crippen LogP contribution in [0.2, 0.25) is 5.02 Å². The maximum Gasteiger partial charge on any atom is 0.138 e. The summed E-state index contributed by atoms with van der Waals surface area (Å²) in [6.45, 7) is 1.20. The molecule has 1 heterocycles. The summed E-state index contributed by atoms with van der Waals surface area (Å²) in [5.41, 5.74) is 2.28. The first-order valence-electron chi connectivity index (χ1n) is 7.77. The van der Waals surface area contributed by atoms with Gasteiger partial charge in [-0.15, -0.1) is 0 Å². The first kappa shape index (κ1) is 17.5. The topological polar surface area (TPSA) is 33.7 Å². The maximum absolute atomic E-state index is 6.16. The van der Waals surface area contributed by atoms with Crippen LogP contribution in [0.4, 0.5) is 5.69 Å². The summed E-state index contributed by atoms with van der Waals surface area (Å²) < 4.78 is 12.7. The lowest BCUT2D eigenvalue weighted by Crippen LogP contribution is -2.22. The molecule has 0 amide bonds. The molecule has 2 unspecified atom stereocenters. The van der Waals surface area contributed by atoms with Crippen LogP contribution < -0.4 is 15.0 Å². The minimum atomic E-state index is -0.102. The Morgan fingerprint density at radius 3 is 2.67 bits per heavy atom. The molecule has 1 fully saturated rings. The summed E-state index contributed by atoms with van der Waals surface area (Å²) in [4.78, 5) is 2.07. The number of anilines is 1. The standard InChI is InChI=1S/C18H20BrClN2O2/c1-22(2)14-6-3-12(4-7-14)18-21-10-15(24-18)11-23-17-8-5-13(19)9-16(17)20/h3-9,15,18,21H,10-11H2,1-2H3. The fourth-order valence-corrected chi connectivity index (χ4v) is 3.27. The third-order valence-corrected chi connectivity index (χ3v) is 4.68. The van der Waals surface area contributed by atoms with Crippen molar-refractivity contribution in [1.29, 1.82) is 0 Å². The highest BCUT2D eigenvalue weighted by Gasteiger charge is 2.26. The van der Waals surface area contributed by atoms with Gasteiger partial charge in [0, 0.05) is 30.8 Å². The van der Waals surface area contributed by atoms with Gasteiger partial charge in [0.1, 0.15) is 24.7 Å². The van der Waals surface area contributed by atoms with Crippen LogP contribution in [0.15, 0.2) is 46.9 Å². The van der Waals surface area contributed by atoms with Crippen LogP contribution in [0.25, 0.3) is 0 Å². The molecular weight excluding hydrogens is 392 g/mol. The normalized spacial score (nSPS) is 20.2. The fourth-order valence-electron chi connectivity index (χ4n) is 2.54. The molecule has 1 aliphatic heterocycles. The van der Waals surface area contributed by atoms with Crippen LogP contribution in [0, 0.1) is 0 Å². The number of hydrogen-bond donors (Lipinski definition) is 1. The van der Waals surface area contributed by atoms with Crippen molar-refractivity contribution < 1.29 is 9.47 Å². The van der Waals surface area contributed by atoms with Gasteiger partial charge < -0.3 is 14.4 Å². The van der Waals surface area contributed by atoms with Gasteiger partial charge in [-0.1, -0.05) is 39.7 Å². The van der Waals surface area contributed by atoms with E-state index in [1.165, 1.54) is 5.69 Å². The predicted molar refractivity (Wildman–Crippen MR) is 101 cm³/mol. The van der Waals surface area contributed by atoms with Crippen LogP contribution in [0.3, 0.4) is 0 Å². The molecule has 3 rings (SSSR count). The Morgan fingerprint density at radius 2 is 2.00 bits per heavy atom. The van der Waals surface area contributed by atoms with E-state index in [-0.39, 0.29) is 12.3 Å². The van der Waals surface area contributed by atoms with Crippen molar-refractivity contribution in [3.05, 3.63) is 57.5 Å². The molecule has 6 heteroatoms. The van der Waals surface area contributed by atoms with E-state index in [0.29, 0.717) is 17.4 Å². The van der Waals surface area contributed by atoms with Crippen molar-refractivity contribution in [2.24, 2.45) is 0 Å². The van der Waals surface area contributed by atoms with E-state index in [1.54, 1.807) is 0 Å². The molecule has 0 aliphatic carbocycles. The molecule has 1 aliphatic rings. The molecule has 1 N–H and O–H groups in total. The second-order valence-electron chi connectivity index (χ2n) is 5.92. The van der Waals surface area contributed by atoms with Crippen molar-refractivity contribution >= 4 is 33.2 Å². The number of halogens is 2. The zero-order chi connectivity index (χ0) is 17.1. The molecule has 0 spiro atoms.